The fourth-order valence-corrected chi connectivity index (χ4v) is 6.41. The number of nitriles is 1. The molecule has 6 heterocycles. The third kappa shape index (κ3) is 4.93. The normalized spacial score (nSPS) is 22.1. The molecule has 0 bridgehead atoms. The van der Waals surface area contributed by atoms with Crippen molar-refractivity contribution in [1.82, 2.24) is 19.8 Å². The number of ether oxygens (including phenoxy) is 2. The molecule has 1 atom stereocenters. The number of carbonyl (C=O) groups is 1. The molecule has 0 unspecified atom stereocenters. The molecule has 1 amide bonds. The van der Waals surface area contributed by atoms with Crippen LogP contribution in [-0.2, 0) is 9.53 Å². The quantitative estimate of drug-likeness (QED) is 0.602. The summed E-state index contributed by atoms with van der Waals surface area (Å²) in [5, 5.41) is 13.5. The zero-order valence-electron chi connectivity index (χ0n) is 22.6. The number of anilines is 2. The molecule has 0 saturated carbocycles. The van der Waals surface area contributed by atoms with Gasteiger partial charge in [0.25, 0.3) is 5.91 Å². The van der Waals surface area contributed by atoms with Crippen molar-refractivity contribution in [3.8, 4) is 23.7 Å². The zero-order valence-corrected chi connectivity index (χ0v) is 22.6. The summed E-state index contributed by atoms with van der Waals surface area (Å²) in [4.78, 5) is 25.8. The lowest BCUT2D eigenvalue weighted by molar-refractivity contribution is -0.126. The van der Waals surface area contributed by atoms with Crippen LogP contribution in [0.3, 0.4) is 0 Å². The molecule has 9 heteroatoms. The van der Waals surface area contributed by atoms with E-state index < -0.39 is 0 Å². The van der Waals surface area contributed by atoms with Crippen molar-refractivity contribution in [1.29, 1.82) is 5.26 Å². The number of aromatic nitrogens is 2. The number of piperidine rings is 1. The van der Waals surface area contributed by atoms with Gasteiger partial charge < -0.3 is 19.7 Å². The van der Waals surface area contributed by atoms with E-state index >= 15 is 0 Å². The van der Waals surface area contributed by atoms with Crippen LogP contribution in [0.15, 0.2) is 18.3 Å². The molecule has 0 spiro atoms. The highest BCUT2D eigenvalue weighted by atomic mass is 16.5. The maximum absolute atomic E-state index is 12.1. The monoisotopic (exact) mass is 526 g/mol. The summed E-state index contributed by atoms with van der Waals surface area (Å²) in [6.07, 6.45) is 5.46. The van der Waals surface area contributed by atoms with Gasteiger partial charge in [-0.05, 0) is 69.1 Å². The van der Waals surface area contributed by atoms with Gasteiger partial charge in [-0.3, -0.25) is 9.69 Å². The Hall–Kier alpha value is -3.66. The maximum Gasteiger partial charge on any atom is 0.298 e. The van der Waals surface area contributed by atoms with Crippen LogP contribution in [-0.4, -0.2) is 71.1 Å². The highest BCUT2D eigenvalue weighted by Gasteiger charge is 2.37. The van der Waals surface area contributed by atoms with Crippen LogP contribution in [0.5, 0.6) is 5.75 Å². The highest BCUT2D eigenvalue weighted by Crippen LogP contribution is 2.45. The van der Waals surface area contributed by atoms with Crippen molar-refractivity contribution in [3.05, 3.63) is 40.8 Å². The number of pyridine rings is 2. The second-order valence-corrected chi connectivity index (χ2v) is 10.9. The van der Waals surface area contributed by atoms with Gasteiger partial charge in [0.1, 0.15) is 18.0 Å². The van der Waals surface area contributed by atoms with Crippen LogP contribution >= 0.6 is 0 Å². The molecule has 0 radical (unpaired) electrons. The summed E-state index contributed by atoms with van der Waals surface area (Å²) >= 11 is 0. The fourth-order valence-electron chi connectivity index (χ4n) is 6.41. The van der Waals surface area contributed by atoms with Gasteiger partial charge in [-0.25, -0.2) is 9.97 Å². The molecule has 1 N–H and O–H groups in total. The molecular formula is C30H34N6O3. The SMILES string of the molecule is CC#CC(=O)N1CCC(N2CC(c3cc4c(c(C#N)n3)O[C@@H](C)c3c(C5CCOCC5)ccnc3N4)C2)CC1. The fraction of sp³-hybridized carbons (Fsp3) is 0.533. The average molecular weight is 527 g/mol. The summed E-state index contributed by atoms with van der Waals surface area (Å²) in [5.74, 6) is 7.21. The Balaban J connectivity index is 1.19. The van der Waals surface area contributed by atoms with Gasteiger partial charge in [-0.15, -0.1) is 0 Å². The molecular weight excluding hydrogens is 492 g/mol. The van der Waals surface area contributed by atoms with Gasteiger partial charge in [0.05, 0.1) is 5.69 Å². The lowest BCUT2D eigenvalue weighted by Gasteiger charge is -2.46. The summed E-state index contributed by atoms with van der Waals surface area (Å²) in [6, 6.07) is 6.87. The minimum absolute atomic E-state index is 0.0735. The largest absolute Gasteiger partial charge is 0.481 e. The molecule has 4 aliphatic rings. The summed E-state index contributed by atoms with van der Waals surface area (Å²) in [5.41, 5.74) is 4.26. The van der Waals surface area contributed by atoms with Crippen molar-refractivity contribution >= 4 is 17.4 Å². The van der Waals surface area contributed by atoms with Gasteiger partial charge in [0.2, 0.25) is 0 Å². The van der Waals surface area contributed by atoms with Crippen LogP contribution in [0, 0.1) is 23.2 Å². The predicted molar refractivity (Wildman–Crippen MR) is 146 cm³/mol. The first-order valence-corrected chi connectivity index (χ1v) is 14.0. The number of fused-ring (bicyclic) bond motifs is 2. The molecule has 2 aromatic heterocycles. The summed E-state index contributed by atoms with van der Waals surface area (Å²) in [6.45, 7) is 8.52. The van der Waals surface area contributed by atoms with Gasteiger partial charge in [0, 0.05) is 68.8 Å². The van der Waals surface area contributed by atoms with E-state index in [9.17, 15) is 10.1 Å². The lowest BCUT2D eigenvalue weighted by Crippen LogP contribution is -2.54. The van der Waals surface area contributed by atoms with E-state index in [0.717, 1.165) is 87.8 Å². The van der Waals surface area contributed by atoms with Crippen molar-refractivity contribution in [3.63, 3.8) is 0 Å². The summed E-state index contributed by atoms with van der Waals surface area (Å²) in [7, 11) is 0. The Morgan fingerprint density at radius 3 is 2.64 bits per heavy atom. The lowest BCUT2D eigenvalue weighted by atomic mass is 9.87. The number of hydrogen-bond donors (Lipinski definition) is 1. The Bertz CT molecular complexity index is 1360. The van der Waals surface area contributed by atoms with Gasteiger partial charge in [-0.1, -0.05) is 5.92 Å². The molecule has 3 fully saturated rings. The first kappa shape index (κ1) is 25.6. The van der Waals surface area contributed by atoms with Crippen molar-refractivity contribution in [2.24, 2.45) is 0 Å². The minimum atomic E-state index is -0.264. The van der Waals surface area contributed by atoms with E-state index in [2.05, 4.69) is 39.2 Å². The van der Waals surface area contributed by atoms with Crippen LogP contribution < -0.4 is 10.1 Å². The Kier molecular flexibility index (Phi) is 7.12. The van der Waals surface area contributed by atoms with Crippen LogP contribution in [0.25, 0.3) is 0 Å². The van der Waals surface area contributed by atoms with Crippen molar-refractivity contribution in [2.75, 3.05) is 44.7 Å². The van der Waals surface area contributed by atoms with E-state index in [4.69, 9.17) is 14.5 Å². The van der Waals surface area contributed by atoms with Gasteiger partial charge in [0.15, 0.2) is 11.4 Å². The highest BCUT2D eigenvalue weighted by molar-refractivity contribution is 5.93. The standard InChI is InChI=1S/C30H34N6O3/c1-3-4-27(37)35-11-6-22(7-12-35)36-17-21(18-36)24-15-25-29(26(16-31)33-24)39-19(2)28-23(5-10-32-30(28)34-25)20-8-13-38-14-9-20/h5,10,15,19-22H,6-9,11-14,17-18H2,1-2H3,(H,32,34)/t19-/m0/s1. The molecule has 9 nitrogen and oxygen atoms in total. The second-order valence-electron chi connectivity index (χ2n) is 10.9. The maximum atomic E-state index is 12.1. The topological polar surface area (TPSA) is 104 Å². The molecule has 2 aromatic rings. The third-order valence-electron chi connectivity index (χ3n) is 8.57. The predicted octanol–water partition coefficient (Wildman–Crippen LogP) is 3.85. The molecule has 4 aliphatic heterocycles. The Morgan fingerprint density at radius 2 is 1.92 bits per heavy atom. The third-order valence-corrected chi connectivity index (χ3v) is 8.57. The van der Waals surface area contributed by atoms with Crippen molar-refractivity contribution < 1.29 is 14.3 Å². The van der Waals surface area contributed by atoms with E-state index in [-0.39, 0.29) is 17.9 Å². The van der Waals surface area contributed by atoms with Crippen LogP contribution in [0.4, 0.5) is 11.5 Å². The van der Waals surface area contributed by atoms with E-state index in [1.165, 1.54) is 5.56 Å². The first-order valence-electron chi connectivity index (χ1n) is 14.0. The second kappa shape index (κ2) is 10.8. The molecule has 3 saturated heterocycles. The Morgan fingerprint density at radius 1 is 1.15 bits per heavy atom. The van der Waals surface area contributed by atoms with Crippen LogP contribution in [0.1, 0.15) is 80.0 Å². The molecule has 39 heavy (non-hydrogen) atoms. The van der Waals surface area contributed by atoms with Crippen molar-refractivity contribution in [2.45, 2.75) is 63.5 Å². The zero-order chi connectivity index (χ0) is 26.9. The number of nitrogens with one attached hydrogen (secondary N) is 1. The number of likely N-dealkylation sites (tertiary alicyclic amines) is 2. The summed E-state index contributed by atoms with van der Waals surface area (Å²) < 4.78 is 12.0. The first-order chi connectivity index (χ1) is 19.1. The number of hydrogen-bond acceptors (Lipinski definition) is 8. The van der Waals surface area contributed by atoms with E-state index in [1.807, 2.05) is 24.1 Å². The molecule has 6 rings (SSSR count). The smallest absolute Gasteiger partial charge is 0.298 e. The molecule has 0 aliphatic carbocycles. The van der Waals surface area contributed by atoms with Gasteiger partial charge in [-0.2, -0.15) is 5.26 Å². The molecule has 202 valence electrons. The number of amides is 1. The van der Waals surface area contributed by atoms with E-state index in [0.29, 0.717) is 23.4 Å². The number of rotatable bonds is 3. The van der Waals surface area contributed by atoms with Gasteiger partial charge >= 0.3 is 0 Å². The number of carbonyl (C=O) groups excluding carboxylic acids is 1. The van der Waals surface area contributed by atoms with Crippen LogP contribution in [0.2, 0.25) is 0 Å². The molecule has 0 aromatic carbocycles. The average Bonchev–Trinajstić information content (AvgIpc) is 3.08. The Labute approximate surface area is 229 Å². The van der Waals surface area contributed by atoms with E-state index in [1.54, 1.807) is 6.92 Å². The minimum Gasteiger partial charge on any atom is -0.481 e. The number of nitrogens with zero attached hydrogens (tertiary/aromatic N) is 5.